The summed E-state index contributed by atoms with van der Waals surface area (Å²) in [5, 5.41) is 0. The fraction of sp³-hybridized carbons (Fsp3) is 0.500. The number of likely N-dealkylation sites (tertiary alicyclic amines) is 1. The van der Waals surface area contributed by atoms with E-state index in [4.69, 9.17) is 9.47 Å². The lowest BCUT2D eigenvalue weighted by Crippen LogP contribution is -2.48. The number of ether oxygens (including phenoxy) is 2. The van der Waals surface area contributed by atoms with Gasteiger partial charge in [0.2, 0.25) is 0 Å². The zero-order chi connectivity index (χ0) is 13.7. The van der Waals surface area contributed by atoms with Gasteiger partial charge in [0.25, 0.3) is 0 Å². The molecule has 1 heterocycles. The molecule has 1 amide bonds. The van der Waals surface area contributed by atoms with E-state index in [9.17, 15) is 9.18 Å². The summed E-state index contributed by atoms with van der Waals surface area (Å²) in [6, 6.07) is 9.41. The molecule has 1 unspecified atom stereocenters. The van der Waals surface area contributed by atoms with Gasteiger partial charge in [-0.05, 0) is 12.0 Å². The van der Waals surface area contributed by atoms with Gasteiger partial charge < -0.3 is 14.4 Å². The molecule has 0 aliphatic carbocycles. The Morgan fingerprint density at radius 3 is 2.79 bits per heavy atom. The highest BCUT2D eigenvalue weighted by atomic mass is 19.1. The smallest absolute Gasteiger partial charge is 0.410 e. The molecule has 4 nitrogen and oxygen atoms in total. The normalized spacial score (nSPS) is 23.2. The number of benzene rings is 1. The third-order valence-corrected chi connectivity index (χ3v) is 3.25. The van der Waals surface area contributed by atoms with Crippen LogP contribution in [0.25, 0.3) is 0 Å². The molecule has 1 aliphatic rings. The van der Waals surface area contributed by atoms with Gasteiger partial charge in [-0.15, -0.1) is 0 Å². The number of halogens is 1. The van der Waals surface area contributed by atoms with Gasteiger partial charge in [-0.2, -0.15) is 0 Å². The monoisotopic (exact) mass is 267 g/mol. The first-order chi connectivity index (χ1) is 9.20. The fourth-order valence-electron chi connectivity index (χ4n) is 2.13. The number of alkyl halides is 1. The first-order valence-corrected chi connectivity index (χ1v) is 6.33. The number of amides is 1. The molecular weight excluding hydrogens is 249 g/mol. The summed E-state index contributed by atoms with van der Waals surface area (Å²) in [6.45, 7) is 0.708. The minimum atomic E-state index is -1.15. The Hall–Kier alpha value is -1.62. The van der Waals surface area contributed by atoms with Crippen LogP contribution in [0.4, 0.5) is 9.18 Å². The van der Waals surface area contributed by atoms with E-state index >= 15 is 0 Å². The quantitative estimate of drug-likeness (QED) is 0.844. The number of rotatable bonds is 3. The summed E-state index contributed by atoms with van der Waals surface area (Å²) in [5.41, 5.74) is 0.916. The zero-order valence-electron chi connectivity index (χ0n) is 10.9. The molecule has 0 aromatic heterocycles. The summed E-state index contributed by atoms with van der Waals surface area (Å²) >= 11 is 0. The fourth-order valence-corrected chi connectivity index (χ4v) is 2.13. The first-order valence-electron chi connectivity index (χ1n) is 6.33. The van der Waals surface area contributed by atoms with E-state index in [1.165, 1.54) is 12.0 Å². The van der Waals surface area contributed by atoms with Gasteiger partial charge in [0.1, 0.15) is 12.8 Å². The molecule has 2 rings (SSSR count). The Kier molecular flexibility index (Phi) is 4.74. The van der Waals surface area contributed by atoms with E-state index in [2.05, 4.69) is 0 Å². The van der Waals surface area contributed by atoms with Crippen LogP contribution in [0.2, 0.25) is 0 Å². The predicted molar refractivity (Wildman–Crippen MR) is 68.5 cm³/mol. The Balaban J connectivity index is 1.81. The van der Waals surface area contributed by atoms with E-state index < -0.39 is 18.4 Å². The summed E-state index contributed by atoms with van der Waals surface area (Å²) in [5.74, 6) is 0. The standard InChI is InChI=1S/C14H18FNO3/c1-18-13-7-8-16(9-12(13)15)14(17)19-10-11-5-3-2-4-6-11/h2-6,12-13H,7-10H2,1H3/t12?,13-/m1/s1. The average Bonchev–Trinajstić information content (AvgIpc) is 2.45. The number of hydrogen-bond donors (Lipinski definition) is 0. The van der Waals surface area contributed by atoms with Crippen LogP contribution in [0, 0.1) is 0 Å². The number of methoxy groups -OCH3 is 1. The molecule has 0 N–H and O–H groups in total. The highest BCUT2D eigenvalue weighted by molar-refractivity contribution is 5.67. The van der Waals surface area contributed by atoms with Gasteiger partial charge in [-0.3, -0.25) is 0 Å². The van der Waals surface area contributed by atoms with Gasteiger partial charge in [-0.1, -0.05) is 30.3 Å². The predicted octanol–water partition coefficient (Wildman–Crippen LogP) is 2.38. The maximum absolute atomic E-state index is 13.6. The van der Waals surface area contributed by atoms with Gasteiger partial charge >= 0.3 is 6.09 Å². The van der Waals surface area contributed by atoms with E-state index in [0.717, 1.165) is 5.56 Å². The molecule has 19 heavy (non-hydrogen) atoms. The molecule has 1 fully saturated rings. The van der Waals surface area contributed by atoms with Gasteiger partial charge in [0.15, 0.2) is 0 Å². The third-order valence-electron chi connectivity index (χ3n) is 3.25. The Morgan fingerprint density at radius 1 is 1.42 bits per heavy atom. The molecule has 0 bridgehead atoms. The number of nitrogens with zero attached hydrogens (tertiary/aromatic N) is 1. The van der Waals surface area contributed by atoms with Crippen molar-refractivity contribution in [1.29, 1.82) is 0 Å². The number of carbonyl (C=O) groups is 1. The lowest BCUT2D eigenvalue weighted by Gasteiger charge is -2.33. The van der Waals surface area contributed by atoms with Crippen molar-refractivity contribution < 1.29 is 18.7 Å². The molecule has 1 saturated heterocycles. The lowest BCUT2D eigenvalue weighted by atomic mass is 10.1. The van der Waals surface area contributed by atoms with Crippen LogP contribution in [0.5, 0.6) is 0 Å². The van der Waals surface area contributed by atoms with Crippen molar-refractivity contribution in [3.63, 3.8) is 0 Å². The Labute approximate surface area is 112 Å². The van der Waals surface area contributed by atoms with E-state index in [-0.39, 0.29) is 13.2 Å². The maximum Gasteiger partial charge on any atom is 0.410 e. The van der Waals surface area contributed by atoms with Crippen LogP contribution in [-0.4, -0.2) is 43.5 Å². The van der Waals surface area contributed by atoms with Crippen LogP contribution in [0.1, 0.15) is 12.0 Å². The van der Waals surface area contributed by atoms with Crippen LogP contribution in [0.3, 0.4) is 0 Å². The topological polar surface area (TPSA) is 38.8 Å². The second-order valence-electron chi connectivity index (χ2n) is 4.57. The largest absolute Gasteiger partial charge is 0.445 e. The molecule has 2 atom stereocenters. The SMILES string of the molecule is CO[C@@H]1CCN(C(=O)OCc2ccccc2)CC1F. The van der Waals surface area contributed by atoms with Crippen LogP contribution < -0.4 is 0 Å². The van der Waals surface area contributed by atoms with E-state index in [1.807, 2.05) is 30.3 Å². The molecule has 0 saturated carbocycles. The Bertz CT molecular complexity index is 412. The summed E-state index contributed by atoms with van der Waals surface area (Å²) in [4.78, 5) is 13.2. The van der Waals surface area contributed by atoms with Crippen molar-refractivity contribution in [2.24, 2.45) is 0 Å². The van der Waals surface area contributed by atoms with Crippen molar-refractivity contribution in [3.05, 3.63) is 35.9 Å². The first kappa shape index (κ1) is 13.8. The number of piperidine rings is 1. The average molecular weight is 267 g/mol. The molecule has 104 valence electrons. The molecular formula is C14H18FNO3. The van der Waals surface area contributed by atoms with Gasteiger partial charge in [-0.25, -0.2) is 9.18 Å². The van der Waals surface area contributed by atoms with Gasteiger partial charge in [0.05, 0.1) is 12.6 Å². The van der Waals surface area contributed by atoms with Crippen molar-refractivity contribution in [3.8, 4) is 0 Å². The summed E-state index contributed by atoms with van der Waals surface area (Å²) in [6.07, 6.45) is -1.54. The van der Waals surface area contributed by atoms with Crippen molar-refractivity contribution >= 4 is 6.09 Å². The second kappa shape index (κ2) is 6.52. The minimum absolute atomic E-state index is 0.0339. The minimum Gasteiger partial charge on any atom is -0.445 e. The summed E-state index contributed by atoms with van der Waals surface area (Å²) < 4.78 is 23.8. The highest BCUT2D eigenvalue weighted by Crippen LogP contribution is 2.17. The lowest BCUT2D eigenvalue weighted by molar-refractivity contribution is -0.0222. The number of carbonyl (C=O) groups excluding carboxylic acids is 1. The highest BCUT2D eigenvalue weighted by Gasteiger charge is 2.32. The van der Waals surface area contributed by atoms with E-state index in [0.29, 0.717) is 13.0 Å². The van der Waals surface area contributed by atoms with Crippen molar-refractivity contribution in [2.75, 3.05) is 20.2 Å². The van der Waals surface area contributed by atoms with Crippen molar-refractivity contribution in [2.45, 2.75) is 25.3 Å². The zero-order valence-corrected chi connectivity index (χ0v) is 10.9. The molecule has 0 radical (unpaired) electrons. The van der Waals surface area contributed by atoms with Crippen LogP contribution >= 0.6 is 0 Å². The van der Waals surface area contributed by atoms with E-state index in [1.54, 1.807) is 0 Å². The van der Waals surface area contributed by atoms with Gasteiger partial charge in [0, 0.05) is 13.7 Å². The summed E-state index contributed by atoms with van der Waals surface area (Å²) in [7, 11) is 1.49. The van der Waals surface area contributed by atoms with Crippen molar-refractivity contribution in [1.82, 2.24) is 4.90 Å². The Morgan fingerprint density at radius 2 is 2.16 bits per heavy atom. The van der Waals surface area contributed by atoms with Crippen LogP contribution in [0.15, 0.2) is 30.3 Å². The second-order valence-corrected chi connectivity index (χ2v) is 4.57. The molecule has 1 aromatic rings. The number of hydrogen-bond acceptors (Lipinski definition) is 3. The van der Waals surface area contributed by atoms with Crippen LogP contribution in [-0.2, 0) is 16.1 Å². The maximum atomic E-state index is 13.6. The molecule has 1 aromatic carbocycles. The molecule has 0 spiro atoms. The molecule has 1 aliphatic heterocycles. The third kappa shape index (κ3) is 3.67. The molecule has 5 heteroatoms.